The number of benzene rings is 2. The lowest BCUT2D eigenvalue weighted by molar-refractivity contribution is 0.251. The number of anilines is 1. The predicted octanol–water partition coefficient (Wildman–Crippen LogP) is 3.86. The zero-order valence-electron chi connectivity index (χ0n) is 14.2. The summed E-state index contributed by atoms with van der Waals surface area (Å²) in [5, 5.41) is 9.60. The normalized spacial score (nSPS) is 14.7. The van der Waals surface area contributed by atoms with E-state index in [-0.39, 0.29) is 11.4 Å². The first kappa shape index (κ1) is 16.3. The summed E-state index contributed by atoms with van der Waals surface area (Å²) in [6, 6.07) is 16.1. The van der Waals surface area contributed by atoms with E-state index in [2.05, 4.69) is 27.9 Å². The van der Waals surface area contributed by atoms with E-state index in [0.717, 1.165) is 12.8 Å². The van der Waals surface area contributed by atoms with Crippen LogP contribution in [-0.4, -0.2) is 22.4 Å². The van der Waals surface area contributed by atoms with Gasteiger partial charge in [-0.2, -0.15) is 5.10 Å². The molecule has 1 aromatic heterocycles. The highest BCUT2D eigenvalue weighted by atomic mass is 19.1. The average molecular weight is 350 g/mol. The van der Waals surface area contributed by atoms with Gasteiger partial charge in [-0.05, 0) is 42.7 Å². The molecule has 2 amide bonds. The van der Waals surface area contributed by atoms with Crippen LogP contribution in [0.25, 0.3) is 5.69 Å². The van der Waals surface area contributed by atoms with Gasteiger partial charge in [0.1, 0.15) is 5.69 Å². The molecule has 0 atom stereocenters. The number of rotatable bonds is 5. The molecular formula is C20H19FN4O. The minimum Gasteiger partial charge on any atom is -0.337 e. The first-order chi connectivity index (χ1) is 12.7. The number of amides is 2. The second-order valence-corrected chi connectivity index (χ2v) is 6.57. The highest BCUT2D eigenvalue weighted by molar-refractivity contribution is 5.89. The lowest BCUT2D eigenvalue weighted by Crippen LogP contribution is -2.35. The molecule has 5 nitrogen and oxygen atoms in total. The van der Waals surface area contributed by atoms with Crippen LogP contribution >= 0.6 is 0 Å². The van der Waals surface area contributed by atoms with E-state index in [9.17, 15) is 9.18 Å². The van der Waals surface area contributed by atoms with Gasteiger partial charge in [-0.1, -0.05) is 30.3 Å². The van der Waals surface area contributed by atoms with E-state index in [4.69, 9.17) is 0 Å². The van der Waals surface area contributed by atoms with Crippen LogP contribution in [0.4, 0.5) is 14.9 Å². The van der Waals surface area contributed by atoms with Crippen LogP contribution < -0.4 is 10.6 Å². The molecule has 0 bridgehead atoms. The number of nitrogens with zero attached hydrogens (tertiary/aromatic N) is 2. The predicted molar refractivity (Wildman–Crippen MR) is 97.9 cm³/mol. The van der Waals surface area contributed by atoms with Gasteiger partial charge in [0, 0.05) is 30.0 Å². The van der Waals surface area contributed by atoms with Crippen LogP contribution in [0.5, 0.6) is 0 Å². The van der Waals surface area contributed by atoms with Gasteiger partial charge in [0.15, 0.2) is 5.82 Å². The van der Waals surface area contributed by atoms with Crippen molar-refractivity contribution in [3.63, 3.8) is 0 Å². The van der Waals surface area contributed by atoms with Crippen LogP contribution in [0.15, 0.2) is 67.0 Å². The largest absolute Gasteiger partial charge is 0.337 e. The number of nitrogens with one attached hydrogen (secondary N) is 2. The van der Waals surface area contributed by atoms with Gasteiger partial charge in [0.2, 0.25) is 0 Å². The molecule has 26 heavy (non-hydrogen) atoms. The van der Waals surface area contributed by atoms with E-state index in [1.807, 2.05) is 18.2 Å². The molecule has 3 aromatic rings. The molecule has 4 rings (SSSR count). The van der Waals surface area contributed by atoms with Gasteiger partial charge >= 0.3 is 6.03 Å². The zero-order chi connectivity index (χ0) is 18.0. The highest BCUT2D eigenvalue weighted by Gasteiger charge is 2.44. The maximum Gasteiger partial charge on any atom is 0.319 e. The van der Waals surface area contributed by atoms with E-state index in [1.54, 1.807) is 30.6 Å². The second-order valence-electron chi connectivity index (χ2n) is 6.57. The van der Waals surface area contributed by atoms with E-state index < -0.39 is 5.82 Å². The minimum atomic E-state index is -0.450. The average Bonchev–Trinajstić information content (AvgIpc) is 3.26. The van der Waals surface area contributed by atoms with Gasteiger partial charge < -0.3 is 10.6 Å². The molecule has 0 unspecified atom stereocenters. The number of carbonyl (C=O) groups excluding carboxylic acids is 1. The van der Waals surface area contributed by atoms with Crippen molar-refractivity contribution >= 4 is 11.7 Å². The Balaban J connectivity index is 1.37. The molecule has 0 aliphatic heterocycles. The van der Waals surface area contributed by atoms with E-state index in [0.29, 0.717) is 17.9 Å². The molecule has 0 saturated heterocycles. The first-order valence-corrected chi connectivity index (χ1v) is 8.56. The van der Waals surface area contributed by atoms with Crippen LogP contribution in [0.3, 0.4) is 0 Å². The van der Waals surface area contributed by atoms with E-state index in [1.165, 1.54) is 16.3 Å². The van der Waals surface area contributed by atoms with Crippen molar-refractivity contribution in [1.29, 1.82) is 0 Å². The fraction of sp³-hybridized carbons (Fsp3) is 0.200. The van der Waals surface area contributed by atoms with Crippen LogP contribution in [0.2, 0.25) is 0 Å². The second kappa shape index (κ2) is 6.63. The SMILES string of the molecule is O=C(NCC1(c2ccccc2)CC1)Nc1ccc(-n2cccn2)c(F)c1. The quantitative estimate of drug-likeness (QED) is 0.734. The molecule has 2 N–H and O–H groups in total. The van der Waals surface area contributed by atoms with Crippen LogP contribution in [0.1, 0.15) is 18.4 Å². The Hall–Kier alpha value is -3.15. The summed E-state index contributed by atoms with van der Waals surface area (Å²) in [6.07, 6.45) is 5.37. The summed E-state index contributed by atoms with van der Waals surface area (Å²) in [4.78, 5) is 12.2. The lowest BCUT2D eigenvalue weighted by Gasteiger charge is -2.17. The van der Waals surface area contributed by atoms with Crippen molar-refractivity contribution in [3.05, 3.63) is 78.4 Å². The van der Waals surface area contributed by atoms with Crippen molar-refractivity contribution in [2.75, 3.05) is 11.9 Å². The lowest BCUT2D eigenvalue weighted by atomic mass is 9.96. The summed E-state index contributed by atoms with van der Waals surface area (Å²) < 4.78 is 15.7. The number of carbonyl (C=O) groups is 1. The molecule has 1 heterocycles. The van der Waals surface area contributed by atoms with Crippen molar-refractivity contribution in [2.45, 2.75) is 18.3 Å². The molecule has 1 fully saturated rings. The van der Waals surface area contributed by atoms with Crippen LogP contribution in [0, 0.1) is 5.82 Å². The number of hydrogen-bond acceptors (Lipinski definition) is 2. The number of hydrogen-bond donors (Lipinski definition) is 2. The smallest absolute Gasteiger partial charge is 0.319 e. The molecule has 1 saturated carbocycles. The fourth-order valence-corrected chi connectivity index (χ4v) is 3.12. The Morgan fingerprint density at radius 1 is 1.15 bits per heavy atom. The maximum atomic E-state index is 14.2. The third kappa shape index (κ3) is 3.31. The van der Waals surface area contributed by atoms with Crippen molar-refractivity contribution in [3.8, 4) is 5.69 Å². The molecular weight excluding hydrogens is 331 g/mol. The summed E-state index contributed by atoms with van der Waals surface area (Å²) in [5.74, 6) is -0.450. The van der Waals surface area contributed by atoms with Gasteiger partial charge in [-0.25, -0.2) is 13.9 Å². The monoisotopic (exact) mass is 350 g/mol. The van der Waals surface area contributed by atoms with E-state index >= 15 is 0 Å². The number of aromatic nitrogens is 2. The van der Waals surface area contributed by atoms with Gasteiger partial charge in [-0.3, -0.25) is 0 Å². The molecule has 1 aliphatic carbocycles. The third-order valence-corrected chi connectivity index (χ3v) is 4.78. The zero-order valence-corrected chi connectivity index (χ0v) is 14.2. The molecule has 0 radical (unpaired) electrons. The first-order valence-electron chi connectivity index (χ1n) is 8.56. The summed E-state index contributed by atoms with van der Waals surface area (Å²) in [7, 11) is 0. The summed E-state index contributed by atoms with van der Waals surface area (Å²) >= 11 is 0. The van der Waals surface area contributed by atoms with Crippen molar-refractivity contribution in [1.82, 2.24) is 15.1 Å². The highest BCUT2D eigenvalue weighted by Crippen LogP contribution is 2.47. The Morgan fingerprint density at radius 2 is 1.96 bits per heavy atom. The van der Waals surface area contributed by atoms with Gasteiger partial charge in [0.05, 0.1) is 0 Å². The van der Waals surface area contributed by atoms with Gasteiger partial charge in [0.25, 0.3) is 0 Å². The molecule has 0 spiro atoms. The standard InChI is InChI=1S/C20H19FN4O/c21-17-13-16(7-8-18(17)25-12-4-11-23-25)24-19(26)22-14-20(9-10-20)15-5-2-1-3-6-15/h1-8,11-13H,9-10,14H2,(H2,22,24,26). The number of urea groups is 1. The van der Waals surface area contributed by atoms with Crippen molar-refractivity contribution in [2.24, 2.45) is 0 Å². The molecule has 1 aliphatic rings. The summed E-state index contributed by atoms with van der Waals surface area (Å²) in [6.45, 7) is 0.566. The Bertz CT molecular complexity index is 905. The van der Waals surface area contributed by atoms with Crippen LogP contribution in [-0.2, 0) is 5.41 Å². The number of halogens is 1. The molecule has 2 aromatic carbocycles. The maximum absolute atomic E-state index is 14.2. The molecule has 6 heteroatoms. The fourth-order valence-electron chi connectivity index (χ4n) is 3.12. The topological polar surface area (TPSA) is 59.0 Å². The minimum absolute atomic E-state index is 0.0355. The van der Waals surface area contributed by atoms with Gasteiger partial charge in [-0.15, -0.1) is 0 Å². The van der Waals surface area contributed by atoms with Crippen molar-refractivity contribution < 1.29 is 9.18 Å². The molecule has 132 valence electrons. The Morgan fingerprint density at radius 3 is 2.62 bits per heavy atom. The Labute approximate surface area is 150 Å². The third-order valence-electron chi connectivity index (χ3n) is 4.78. The summed E-state index contributed by atoms with van der Waals surface area (Å²) in [5.41, 5.74) is 2.02. The Kier molecular flexibility index (Phi) is 4.16.